The van der Waals surface area contributed by atoms with Gasteiger partial charge in [-0.1, -0.05) is 6.92 Å². The second kappa shape index (κ2) is 4.00. The van der Waals surface area contributed by atoms with Gasteiger partial charge in [-0.05, 0) is 20.3 Å². The van der Waals surface area contributed by atoms with E-state index in [9.17, 15) is 22.0 Å². The first-order valence-corrected chi connectivity index (χ1v) is 4.08. The van der Waals surface area contributed by atoms with Gasteiger partial charge in [0, 0.05) is 0 Å². The van der Waals surface area contributed by atoms with Crippen LogP contribution in [0.4, 0.5) is 22.0 Å². The lowest BCUT2D eigenvalue weighted by Crippen LogP contribution is -2.57. The van der Waals surface area contributed by atoms with E-state index >= 15 is 0 Å². The molecule has 0 amide bonds. The highest BCUT2D eigenvalue weighted by Crippen LogP contribution is 2.45. The molecule has 0 aromatic rings. The number of hydrogen-bond donors (Lipinski definition) is 0. The summed E-state index contributed by atoms with van der Waals surface area (Å²) in [6.07, 6.45) is -5.35. The summed E-state index contributed by atoms with van der Waals surface area (Å²) in [5, 5.41) is 0. The Kier molecular flexibility index (Phi) is 3.89. The van der Waals surface area contributed by atoms with Crippen LogP contribution in [0.3, 0.4) is 0 Å². The van der Waals surface area contributed by atoms with Gasteiger partial charge in [0.15, 0.2) is 6.86 Å². The monoisotopic (exact) mass is 220 g/mol. The standard InChI is InChI=1S/C8H13F5O/c1-4-6(2,14-5-9)7(3,10)8(11,12)13/h4-5H2,1-3H3. The van der Waals surface area contributed by atoms with Gasteiger partial charge in [0.05, 0.1) is 0 Å². The van der Waals surface area contributed by atoms with Crippen LogP contribution in [0.15, 0.2) is 0 Å². The van der Waals surface area contributed by atoms with E-state index in [4.69, 9.17) is 0 Å². The first-order chi connectivity index (χ1) is 6.12. The van der Waals surface area contributed by atoms with Crippen molar-refractivity contribution in [3.05, 3.63) is 0 Å². The summed E-state index contributed by atoms with van der Waals surface area (Å²) in [6.45, 7) is 1.12. The van der Waals surface area contributed by atoms with Crippen molar-refractivity contribution in [3.8, 4) is 0 Å². The first kappa shape index (κ1) is 13.6. The Balaban J connectivity index is 5.00. The lowest BCUT2D eigenvalue weighted by Gasteiger charge is -2.39. The molecular weight excluding hydrogens is 207 g/mol. The average Bonchev–Trinajstić information content (AvgIpc) is 2.02. The van der Waals surface area contributed by atoms with Crippen molar-refractivity contribution in [3.63, 3.8) is 0 Å². The van der Waals surface area contributed by atoms with Crippen LogP contribution in [-0.4, -0.2) is 24.3 Å². The van der Waals surface area contributed by atoms with E-state index in [-0.39, 0.29) is 6.42 Å². The first-order valence-electron chi connectivity index (χ1n) is 4.08. The highest BCUT2D eigenvalue weighted by Gasteiger charge is 2.63. The Morgan fingerprint density at radius 1 is 1.07 bits per heavy atom. The highest BCUT2D eigenvalue weighted by molar-refractivity contribution is 4.99. The maximum atomic E-state index is 13.4. The molecule has 0 aliphatic carbocycles. The van der Waals surface area contributed by atoms with E-state index in [2.05, 4.69) is 4.74 Å². The summed E-state index contributed by atoms with van der Waals surface area (Å²) in [7, 11) is 0. The van der Waals surface area contributed by atoms with Crippen molar-refractivity contribution >= 4 is 0 Å². The van der Waals surface area contributed by atoms with Crippen molar-refractivity contribution < 1.29 is 26.7 Å². The molecule has 86 valence electrons. The Morgan fingerprint density at radius 2 is 1.50 bits per heavy atom. The molecule has 14 heavy (non-hydrogen) atoms. The summed E-state index contributed by atoms with van der Waals surface area (Å²) in [5.41, 5.74) is -5.76. The van der Waals surface area contributed by atoms with Gasteiger partial charge < -0.3 is 4.74 Å². The smallest absolute Gasteiger partial charge is 0.341 e. The molecule has 0 rings (SSSR count). The molecule has 0 fully saturated rings. The fourth-order valence-corrected chi connectivity index (χ4v) is 0.990. The van der Waals surface area contributed by atoms with Crippen molar-refractivity contribution in [1.29, 1.82) is 0 Å². The van der Waals surface area contributed by atoms with E-state index in [0.29, 0.717) is 6.92 Å². The summed E-state index contributed by atoms with van der Waals surface area (Å²) >= 11 is 0. The number of ether oxygens (including phenoxy) is 1. The lowest BCUT2D eigenvalue weighted by atomic mass is 9.84. The highest BCUT2D eigenvalue weighted by atomic mass is 19.4. The summed E-state index contributed by atoms with van der Waals surface area (Å²) < 4.78 is 66.2. The zero-order valence-electron chi connectivity index (χ0n) is 8.21. The van der Waals surface area contributed by atoms with Gasteiger partial charge in [-0.25, -0.2) is 8.78 Å². The summed E-state index contributed by atoms with van der Waals surface area (Å²) in [5.74, 6) is 0. The molecule has 0 radical (unpaired) electrons. The van der Waals surface area contributed by atoms with Crippen molar-refractivity contribution in [2.45, 2.75) is 44.6 Å². The van der Waals surface area contributed by atoms with Gasteiger partial charge >= 0.3 is 6.18 Å². The molecule has 0 saturated heterocycles. The van der Waals surface area contributed by atoms with Crippen LogP contribution >= 0.6 is 0 Å². The summed E-state index contributed by atoms with van der Waals surface area (Å²) in [4.78, 5) is 0. The van der Waals surface area contributed by atoms with Gasteiger partial charge in [-0.15, -0.1) is 0 Å². The predicted octanol–water partition coefficient (Wildman–Crippen LogP) is 3.39. The number of halogens is 5. The topological polar surface area (TPSA) is 9.23 Å². The molecule has 0 aliphatic heterocycles. The normalized spacial score (nSPS) is 21.4. The second-order valence-corrected chi connectivity index (χ2v) is 3.34. The molecular formula is C8H13F5O. The minimum absolute atomic E-state index is 0.274. The fraction of sp³-hybridized carbons (Fsp3) is 1.00. The van der Waals surface area contributed by atoms with E-state index < -0.39 is 24.3 Å². The Morgan fingerprint density at radius 3 is 1.71 bits per heavy atom. The molecule has 1 nitrogen and oxygen atoms in total. The zero-order chi connectivity index (χ0) is 11.6. The predicted molar refractivity (Wildman–Crippen MR) is 41.3 cm³/mol. The van der Waals surface area contributed by atoms with Gasteiger partial charge in [-0.2, -0.15) is 13.2 Å². The third kappa shape index (κ3) is 2.16. The van der Waals surface area contributed by atoms with Crippen LogP contribution in [-0.2, 0) is 4.74 Å². The van der Waals surface area contributed by atoms with Gasteiger partial charge in [0.25, 0.3) is 0 Å². The van der Waals surface area contributed by atoms with Crippen molar-refractivity contribution in [2.24, 2.45) is 0 Å². The summed E-state index contributed by atoms with van der Waals surface area (Å²) in [6, 6.07) is 0. The molecule has 2 unspecified atom stereocenters. The lowest BCUT2D eigenvalue weighted by molar-refractivity contribution is -0.293. The molecule has 0 bridgehead atoms. The van der Waals surface area contributed by atoms with E-state index in [1.165, 1.54) is 6.92 Å². The maximum Gasteiger partial charge on any atom is 0.425 e. The third-order valence-electron chi connectivity index (χ3n) is 2.57. The number of alkyl halides is 5. The second-order valence-electron chi connectivity index (χ2n) is 3.34. The average molecular weight is 220 g/mol. The SMILES string of the molecule is CCC(C)(OCF)C(C)(F)C(F)(F)F. The van der Waals surface area contributed by atoms with E-state index in [0.717, 1.165) is 6.92 Å². The Bertz CT molecular complexity index is 189. The minimum atomic E-state index is -5.08. The minimum Gasteiger partial charge on any atom is -0.341 e. The Labute approximate surface area is 79.2 Å². The quantitative estimate of drug-likeness (QED) is 0.660. The van der Waals surface area contributed by atoms with Gasteiger partial charge in [0.1, 0.15) is 5.60 Å². The van der Waals surface area contributed by atoms with Crippen LogP contribution < -0.4 is 0 Å². The number of hydrogen-bond acceptors (Lipinski definition) is 1. The molecule has 0 aromatic heterocycles. The van der Waals surface area contributed by atoms with Gasteiger partial charge in [0.2, 0.25) is 5.67 Å². The van der Waals surface area contributed by atoms with Crippen LogP contribution in [0.2, 0.25) is 0 Å². The molecule has 0 aliphatic rings. The van der Waals surface area contributed by atoms with E-state index in [1.807, 2.05) is 0 Å². The zero-order valence-corrected chi connectivity index (χ0v) is 8.21. The molecule has 0 N–H and O–H groups in total. The van der Waals surface area contributed by atoms with Crippen LogP contribution in [0.25, 0.3) is 0 Å². The molecule has 6 heteroatoms. The van der Waals surface area contributed by atoms with Crippen molar-refractivity contribution in [2.75, 3.05) is 6.86 Å². The Hall–Kier alpha value is -0.390. The number of rotatable bonds is 4. The van der Waals surface area contributed by atoms with E-state index in [1.54, 1.807) is 0 Å². The fourth-order valence-electron chi connectivity index (χ4n) is 0.990. The molecule has 0 aromatic carbocycles. The van der Waals surface area contributed by atoms with Gasteiger partial charge in [-0.3, -0.25) is 0 Å². The van der Waals surface area contributed by atoms with Crippen molar-refractivity contribution in [1.82, 2.24) is 0 Å². The maximum absolute atomic E-state index is 13.4. The molecule has 2 atom stereocenters. The molecule has 0 heterocycles. The van der Waals surface area contributed by atoms with Crippen LogP contribution in [0, 0.1) is 0 Å². The molecule has 0 spiro atoms. The van der Waals surface area contributed by atoms with Crippen LogP contribution in [0.5, 0.6) is 0 Å². The molecule has 0 saturated carbocycles. The third-order valence-corrected chi connectivity index (χ3v) is 2.57. The largest absolute Gasteiger partial charge is 0.425 e. The van der Waals surface area contributed by atoms with Crippen LogP contribution in [0.1, 0.15) is 27.2 Å².